The topological polar surface area (TPSA) is 63.4 Å². The molecule has 0 fully saturated rings. The van der Waals surface area contributed by atoms with E-state index in [1.54, 1.807) is 22.7 Å². The molecule has 1 aliphatic rings. The summed E-state index contributed by atoms with van der Waals surface area (Å²) in [5, 5.41) is 0. The van der Waals surface area contributed by atoms with E-state index in [-0.39, 0.29) is 24.9 Å². The fourth-order valence-corrected chi connectivity index (χ4v) is 5.84. The fourth-order valence-electron chi connectivity index (χ4n) is 3.69. The lowest BCUT2D eigenvalue weighted by Crippen LogP contribution is -2.35. The minimum absolute atomic E-state index is 0.220. The van der Waals surface area contributed by atoms with Gasteiger partial charge in [0.1, 0.15) is 0 Å². The molecule has 2 N–H and O–H groups in total. The van der Waals surface area contributed by atoms with E-state index in [0.29, 0.717) is 11.1 Å². The molecule has 0 saturated carbocycles. The third-order valence-corrected chi connectivity index (χ3v) is 7.39. The number of thiophene rings is 2. The summed E-state index contributed by atoms with van der Waals surface area (Å²) in [6.45, 7) is 12.7. The van der Waals surface area contributed by atoms with Crippen molar-refractivity contribution >= 4 is 45.6 Å². The van der Waals surface area contributed by atoms with Gasteiger partial charge >= 0.3 is 0 Å². The van der Waals surface area contributed by atoms with Gasteiger partial charge in [0, 0.05) is 43.7 Å². The summed E-state index contributed by atoms with van der Waals surface area (Å²) >= 11 is 3.35. The fraction of sp³-hybridized carbons (Fsp3) is 0.400. The molecule has 0 aromatic carbocycles. The molecule has 0 unspecified atom stereocenters. The van der Waals surface area contributed by atoms with Crippen LogP contribution in [0.15, 0.2) is 0 Å². The number of carbonyl (C=O) groups excluding carboxylic acids is 2. The standard InChI is InChI=1S/C20H24N2O2S2/c1-9-11(3)25-13(5)15(9)17-18(16-10(2)12(4)26-14(16)6)20(24)22(8-7-21)19(17)23/h7-8,21H2,1-6H3. The average Bonchev–Trinajstić information content (AvgIpc) is 3.06. The molecule has 0 atom stereocenters. The molecule has 0 saturated heterocycles. The van der Waals surface area contributed by atoms with Crippen molar-refractivity contribution in [1.29, 1.82) is 0 Å². The van der Waals surface area contributed by atoms with Crippen LogP contribution in [0.3, 0.4) is 0 Å². The Morgan fingerprint density at radius 1 is 0.731 bits per heavy atom. The zero-order valence-corrected chi connectivity index (χ0v) is 17.7. The maximum absolute atomic E-state index is 13.2. The van der Waals surface area contributed by atoms with E-state index < -0.39 is 0 Å². The second-order valence-electron chi connectivity index (χ2n) is 6.73. The molecule has 0 radical (unpaired) electrons. The zero-order valence-electron chi connectivity index (χ0n) is 16.1. The van der Waals surface area contributed by atoms with Gasteiger partial charge in [-0.05, 0) is 52.7 Å². The first kappa shape index (κ1) is 19.0. The summed E-state index contributed by atoms with van der Waals surface area (Å²) in [6.07, 6.45) is 0. The van der Waals surface area contributed by atoms with Crippen LogP contribution in [-0.4, -0.2) is 29.8 Å². The normalized spacial score (nSPS) is 15.0. The number of rotatable bonds is 4. The lowest BCUT2D eigenvalue weighted by molar-refractivity contribution is -0.135. The Labute approximate surface area is 162 Å². The smallest absolute Gasteiger partial charge is 0.262 e. The number of nitrogens with two attached hydrogens (primary N) is 1. The van der Waals surface area contributed by atoms with Crippen molar-refractivity contribution in [2.45, 2.75) is 41.5 Å². The average molecular weight is 389 g/mol. The molecule has 1 aliphatic heterocycles. The Morgan fingerprint density at radius 3 is 1.38 bits per heavy atom. The maximum Gasteiger partial charge on any atom is 0.262 e. The van der Waals surface area contributed by atoms with E-state index in [9.17, 15) is 9.59 Å². The molecule has 0 spiro atoms. The van der Waals surface area contributed by atoms with Gasteiger partial charge in [0.05, 0.1) is 11.1 Å². The van der Waals surface area contributed by atoms with Crippen molar-refractivity contribution in [3.8, 4) is 0 Å². The highest BCUT2D eigenvalue weighted by Crippen LogP contribution is 2.44. The molecule has 138 valence electrons. The molecule has 2 aromatic rings. The summed E-state index contributed by atoms with van der Waals surface area (Å²) in [7, 11) is 0. The van der Waals surface area contributed by atoms with Crippen molar-refractivity contribution < 1.29 is 9.59 Å². The molecule has 4 nitrogen and oxygen atoms in total. The van der Waals surface area contributed by atoms with Crippen molar-refractivity contribution in [3.05, 3.63) is 41.8 Å². The molecule has 26 heavy (non-hydrogen) atoms. The molecule has 6 heteroatoms. The van der Waals surface area contributed by atoms with Crippen LogP contribution in [0.4, 0.5) is 0 Å². The van der Waals surface area contributed by atoms with Gasteiger partial charge in [0.25, 0.3) is 11.8 Å². The third kappa shape index (κ3) is 2.68. The van der Waals surface area contributed by atoms with Crippen molar-refractivity contribution in [3.63, 3.8) is 0 Å². The van der Waals surface area contributed by atoms with Gasteiger partial charge in [0.2, 0.25) is 0 Å². The highest BCUT2D eigenvalue weighted by Gasteiger charge is 2.42. The number of imide groups is 1. The van der Waals surface area contributed by atoms with Crippen LogP contribution < -0.4 is 5.73 Å². The van der Waals surface area contributed by atoms with Gasteiger partial charge in [-0.15, -0.1) is 22.7 Å². The maximum atomic E-state index is 13.2. The molecule has 2 amide bonds. The summed E-state index contributed by atoms with van der Waals surface area (Å²) in [5.74, 6) is -0.441. The largest absolute Gasteiger partial charge is 0.329 e. The van der Waals surface area contributed by atoms with Crippen LogP contribution in [-0.2, 0) is 9.59 Å². The van der Waals surface area contributed by atoms with E-state index in [0.717, 1.165) is 32.0 Å². The highest BCUT2D eigenvalue weighted by atomic mass is 32.1. The quantitative estimate of drug-likeness (QED) is 0.808. The summed E-state index contributed by atoms with van der Waals surface area (Å²) in [4.78, 5) is 32.3. The third-order valence-electron chi connectivity index (χ3n) is 5.14. The van der Waals surface area contributed by atoms with Gasteiger partial charge in [-0.1, -0.05) is 0 Å². The van der Waals surface area contributed by atoms with Gasteiger partial charge in [-0.3, -0.25) is 14.5 Å². The molecule has 0 bridgehead atoms. The van der Waals surface area contributed by atoms with Crippen molar-refractivity contribution in [2.75, 3.05) is 13.1 Å². The summed E-state index contributed by atoms with van der Waals surface area (Å²) < 4.78 is 0. The van der Waals surface area contributed by atoms with E-state index in [2.05, 4.69) is 13.8 Å². The van der Waals surface area contributed by atoms with E-state index in [1.807, 2.05) is 27.7 Å². The van der Waals surface area contributed by atoms with Gasteiger partial charge < -0.3 is 5.73 Å². The lowest BCUT2D eigenvalue weighted by Gasteiger charge is -2.13. The number of aryl methyl sites for hydroxylation is 4. The molecular weight excluding hydrogens is 364 g/mol. The monoisotopic (exact) mass is 388 g/mol. The molecule has 2 aromatic heterocycles. The Bertz CT molecular complexity index is 889. The second-order valence-corrected chi connectivity index (χ2v) is 9.59. The lowest BCUT2D eigenvalue weighted by atomic mass is 9.92. The Morgan fingerprint density at radius 2 is 1.12 bits per heavy atom. The predicted molar refractivity (Wildman–Crippen MR) is 110 cm³/mol. The number of carbonyl (C=O) groups is 2. The van der Waals surface area contributed by atoms with Crippen molar-refractivity contribution in [1.82, 2.24) is 4.90 Å². The Hall–Kier alpha value is -1.76. The zero-order chi connectivity index (χ0) is 19.3. The summed E-state index contributed by atoms with van der Waals surface area (Å²) in [6, 6.07) is 0. The molecule has 3 heterocycles. The Balaban J connectivity index is 2.37. The first-order valence-electron chi connectivity index (χ1n) is 8.65. The Kier molecular flexibility index (Phi) is 4.94. The number of hydrogen-bond acceptors (Lipinski definition) is 5. The van der Waals surface area contributed by atoms with Crippen LogP contribution in [0, 0.1) is 41.5 Å². The van der Waals surface area contributed by atoms with Crippen molar-refractivity contribution in [2.24, 2.45) is 5.73 Å². The van der Waals surface area contributed by atoms with Crippen LogP contribution in [0.25, 0.3) is 11.1 Å². The van der Waals surface area contributed by atoms with E-state index >= 15 is 0 Å². The number of hydrogen-bond donors (Lipinski definition) is 1. The first-order valence-corrected chi connectivity index (χ1v) is 10.3. The van der Waals surface area contributed by atoms with E-state index in [4.69, 9.17) is 5.73 Å². The number of amides is 2. The molecule has 3 rings (SSSR count). The van der Waals surface area contributed by atoms with Crippen LogP contribution >= 0.6 is 22.7 Å². The van der Waals surface area contributed by atoms with Crippen LogP contribution in [0.2, 0.25) is 0 Å². The summed E-state index contributed by atoms with van der Waals surface area (Å²) in [5.41, 5.74) is 10.8. The second kappa shape index (κ2) is 6.76. The minimum atomic E-state index is -0.220. The molecular formula is C20H24N2O2S2. The van der Waals surface area contributed by atoms with Crippen LogP contribution in [0.5, 0.6) is 0 Å². The highest BCUT2D eigenvalue weighted by molar-refractivity contribution is 7.12. The predicted octanol–water partition coefficient (Wildman–Crippen LogP) is 3.90. The van der Waals surface area contributed by atoms with E-state index in [1.165, 1.54) is 14.7 Å². The number of nitrogens with zero attached hydrogens (tertiary/aromatic N) is 1. The van der Waals surface area contributed by atoms with Crippen LogP contribution in [0.1, 0.15) is 41.8 Å². The van der Waals surface area contributed by atoms with Gasteiger partial charge in [-0.25, -0.2) is 0 Å². The first-order chi connectivity index (χ1) is 12.2. The SMILES string of the molecule is Cc1sc(C)c(C2=C(c3c(C)sc(C)c3C)C(=O)N(CCN)C2=O)c1C. The minimum Gasteiger partial charge on any atom is -0.329 e. The molecule has 0 aliphatic carbocycles. The van der Waals surface area contributed by atoms with Gasteiger partial charge in [-0.2, -0.15) is 0 Å². The van der Waals surface area contributed by atoms with Gasteiger partial charge in [0.15, 0.2) is 0 Å².